The number of benzene rings is 1. The second kappa shape index (κ2) is 7.26. The van der Waals surface area contributed by atoms with Crippen molar-refractivity contribution in [1.82, 2.24) is 9.80 Å². The third kappa shape index (κ3) is 3.71. The lowest BCUT2D eigenvalue weighted by molar-refractivity contribution is -0.0417. The molecular weight excluding hydrogens is 312 g/mol. The highest BCUT2D eigenvalue weighted by Crippen LogP contribution is 2.39. The van der Waals surface area contributed by atoms with E-state index in [1.807, 2.05) is 0 Å². The molecule has 0 aromatic heterocycles. The van der Waals surface area contributed by atoms with E-state index in [1.54, 1.807) is 0 Å². The molecule has 25 heavy (non-hydrogen) atoms. The number of morpholine rings is 1. The van der Waals surface area contributed by atoms with Gasteiger partial charge >= 0.3 is 0 Å². The van der Waals surface area contributed by atoms with E-state index < -0.39 is 0 Å². The summed E-state index contributed by atoms with van der Waals surface area (Å²) >= 11 is 0. The van der Waals surface area contributed by atoms with Gasteiger partial charge in [0.1, 0.15) is 11.4 Å². The Labute approximate surface area is 152 Å². The zero-order valence-electron chi connectivity index (χ0n) is 15.7. The van der Waals surface area contributed by atoms with Crippen LogP contribution in [0.2, 0.25) is 0 Å². The van der Waals surface area contributed by atoms with E-state index in [0.717, 1.165) is 58.0 Å². The zero-order valence-corrected chi connectivity index (χ0v) is 15.7. The van der Waals surface area contributed by atoms with Crippen molar-refractivity contribution >= 4 is 0 Å². The Hall–Kier alpha value is -1.10. The van der Waals surface area contributed by atoms with Crippen molar-refractivity contribution in [3.05, 3.63) is 29.8 Å². The molecule has 1 spiro atoms. The first-order valence-corrected chi connectivity index (χ1v) is 9.98. The minimum atomic E-state index is -0.0142. The van der Waals surface area contributed by atoms with Crippen LogP contribution in [0.25, 0.3) is 0 Å². The maximum Gasteiger partial charge on any atom is 0.124 e. The van der Waals surface area contributed by atoms with Gasteiger partial charge in [0.05, 0.1) is 13.2 Å². The Morgan fingerprint density at radius 1 is 1.08 bits per heavy atom. The van der Waals surface area contributed by atoms with Crippen LogP contribution in [-0.2, 0) is 11.3 Å². The first-order valence-electron chi connectivity index (χ1n) is 9.98. The Morgan fingerprint density at radius 3 is 2.52 bits per heavy atom. The lowest BCUT2D eigenvalue weighted by Crippen LogP contribution is -2.53. The fourth-order valence-electron chi connectivity index (χ4n) is 4.71. The van der Waals surface area contributed by atoms with E-state index in [1.165, 1.54) is 18.4 Å². The molecule has 3 aliphatic rings. The van der Waals surface area contributed by atoms with Crippen LogP contribution in [0.15, 0.2) is 24.3 Å². The predicted molar refractivity (Wildman–Crippen MR) is 100.0 cm³/mol. The summed E-state index contributed by atoms with van der Waals surface area (Å²) < 4.78 is 12.2. The summed E-state index contributed by atoms with van der Waals surface area (Å²) in [6.45, 7) is 10.7. The largest absolute Gasteiger partial charge is 0.486 e. The van der Waals surface area contributed by atoms with Crippen molar-refractivity contribution in [3.8, 4) is 5.75 Å². The van der Waals surface area contributed by atoms with Gasteiger partial charge in [-0.2, -0.15) is 0 Å². The van der Waals surface area contributed by atoms with Crippen molar-refractivity contribution < 1.29 is 9.47 Å². The molecule has 2 heterocycles. The molecule has 138 valence electrons. The van der Waals surface area contributed by atoms with Gasteiger partial charge in [-0.05, 0) is 45.6 Å². The Balaban J connectivity index is 1.50. The quantitative estimate of drug-likeness (QED) is 0.822. The second-order valence-electron chi connectivity index (χ2n) is 8.27. The van der Waals surface area contributed by atoms with Gasteiger partial charge < -0.3 is 9.47 Å². The predicted octanol–water partition coefficient (Wildman–Crippen LogP) is 3.30. The van der Waals surface area contributed by atoms with Gasteiger partial charge in [0.2, 0.25) is 0 Å². The van der Waals surface area contributed by atoms with E-state index >= 15 is 0 Å². The number of para-hydroxylation sites is 1. The highest BCUT2D eigenvalue weighted by Gasteiger charge is 2.42. The van der Waals surface area contributed by atoms with Crippen molar-refractivity contribution in [1.29, 1.82) is 0 Å². The monoisotopic (exact) mass is 344 g/mol. The second-order valence-corrected chi connectivity index (χ2v) is 8.27. The van der Waals surface area contributed by atoms with Crippen molar-refractivity contribution in [2.45, 2.75) is 63.8 Å². The normalized spacial score (nSPS) is 31.6. The van der Waals surface area contributed by atoms with Crippen molar-refractivity contribution in [3.63, 3.8) is 0 Å². The van der Waals surface area contributed by atoms with Crippen LogP contribution in [-0.4, -0.2) is 60.3 Å². The molecule has 0 unspecified atom stereocenters. The van der Waals surface area contributed by atoms with Gasteiger partial charge in [0.25, 0.3) is 0 Å². The molecule has 0 amide bonds. The average Bonchev–Trinajstić information content (AvgIpc) is 2.80. The lowest BCUT2D eigenvalue weighted by atomic mass is 9.80. The summed E-state index contributed by atoms with van der Waals surface area (Å²) in [6.07, 6.45) is 4.81. The van der Waals surface area contributed by atoms with Crippen LogP contribution in [0.1, 0.15) is 45.1 Å². The summed E-state index contributed by atoms with van der Waals surface area (Å²) in [5, 5.41) is 0. The zero-order chi connectivity index (χ0) is 17.3. The smallest absolute Gasteiger partial charge is 0.124 e. The van der Waals surface area contributed by atoms with E-state index in [4.69, 9.17) is 9.47 Å². The minimum Gasteiger partial charge on any atom is -0.486 e. The third-order valence-electron chi connectivity index (χ3n) is 6.32. The maximum absolute atomic E-state index is 6.72. The van der Waals surface area contributed by atoms with E-state index in [0.29, 0.717) is 12.1 Å². The summed E-state index contributed by atoms with van der Waals surface area (Å²) in [4.78, 5) is 5.24. The molecule has 2 aliphatic heterocycles. The Bertz CT molecular complexity index is 575. The van der Waals surface area contributed by atoms with Crippen LogP contribution < -0.4 is 4.74 Å². The van der Waals surface area contributed by atoms with Gasteiger partial charge in [-0.3, -0.25) is 9.80 Å². The highest BCUT2D eigenvalue weighted by molar-refractivity contribution is 5.35. The van der Waals surface area contributed by atoms with Crippen molar-refractivity contribution in [2.24, 2.45) is 0 Å². The summed E-state index contributed by atoms with van der Waals surface area (Å²) in [7, 11) is 0. The molecule has 4 rings (SSSR count). The molecule has 1 aromatic rings. The number of rotatable bonds is 2. The number of hydrogen-bond donors (Lipinski definition) is 0. The molecule has 0 N–H and O–H groups in total. The SMILES string of the molecule is CC(C)N1Cc2ccccc2OC2(CCC(N3CCOCC3)CC2)C1. The number of fused-ring (bicyclic) bond motifs is 1. The molecule has 2 fully saturated rings. The molecule has 0 bridgehead atoms. The van der Waals surface area contributed by atoms with Crippen LogP contribution in [0, 0.1) is 0 Å². The maximum atomic E-state index is 6.72. The Kier molecular flexibility index (Phi) is 5.03. The van der Waals surface area contributed by atoms with Crippen LogP contribution in [0.3, 0.4) is 0 Å². The van der Waals surface area contributed by atoms with Crippen LogP contribution in [0.4, 0.5) is 0 Å². The molecule has 4 nitrogen and oxygen atoms in total. The fourth-order valence-corrected chi connectivity index (χ4v) is 4.71. The van der Waals surface area contributed by atoms with E-state index in [2.05, 4.69) is 47.9 Å². The molecule has 1 aromatic carbocycles. The minimum absolute atomic E-state index is 0.0142. The number of hydrogen-bond acceptors (Lipinski definition) is 4. The lowest BCUT2D eigenvalue weighted by Gasteiger charge is -2.45. The molecule has 0 radical (unpaired) electrons. The molecule has 1 aliphatic carbocycles. The van der Waals surface area contributed by atoms with Crippen LogP contribution >= 0.6 is 0 Å². The molecular formula is C21H32N2O2. The van der Waals surface area contributed by atoms with E-state index in [9.17, 15) is 0 Å². The number of nitrogens with zero attached hydrogens (tertiary/aromatic N) is 2. The van der Waals surface area contributed by atoms with Crippen LogP contribution in [0.5, 0.6) is 5.75 Å². The summed E-state index contributed by atoms with van der Waals surface area (Å²) in [5.74, 6) is 1.11. The highest BCUT2D eigenvalue weighted by atomic mass is 16.5. The van der Waals surface area contributed by atoms with Gasteiger partial charge in [0, 0.05) is 43.8 Å². The number of ether oxygens (including phenoxy) is 2. The average molecular weight is 344 g/mol. The van der Waals surface area contributed by atoms with Gasteiger partial charge in [-0.25, -0.2) is 0 Å². The first kappa shape index (κ1) is 17.3. The molecule has 1 saturated heterocycles. The summed E-state index contributed by atoms with van der Waals surface area (Å²) in [6, 6.07) is 9.89. The van der Waals surface area contributed by atoms with Gasteiger partial charge in [-0.1, -0.05) is 18.2 Å². The van der Waals surface area contributed by atoms with Crippen molar-refractivity contribution in [2.75, 3.05) is 32.8 Å². The van der Waals surface area contributed by atoms with E-state index in [-0.39, 0.29) is 5.60 Å². The Morgan fingerprint density at radius 2 is 1.80 bits per heavy atom. The standard InChI is InChI=1S/C21H32N2O2/c1-17(2)23-15-18-5-3-4-6-20(18)25-21(16-23)9-7-19(8-10-21)22-11-13-24-14-12-22/h3-6,17,19H,7-16H2,1-2H3. The molecule has 4 heteroatoms. The third-order valence-corrected chi connectivity index (χ3v) is 6.32. The molecule has 1 saturated carbocycles. The first-order chi connectivity index (χ1) is 12.2. The topological polar surface area (TPSA) is 24.9 Å². The summed E-state index contributed by atoms with van der Waals surface area (Å²) in [5.41, 5.74) is 1.32. The fraction of sp³-hybridized carbons (Fsp3) is 0.714. The van der Waals surface area contributed by atoms with Gasteiger partial charge in [-0.15, -0.1) is 0 Å². The molecule has 0 atom stereocenters. The van der Waals surface area contributed by atoms with Gasteiger partial charge in [0.15, 0.2) is 0 Å².